The summed E-state index contributed by atoms with van der Waals surface area (Å²) in [5, 5.41) is 3.30. The third-order valence-electron chi connectivity index (χ3n) is 3.66. The van der Waals surface area contributed by atoms with Gasteiger partial charge in [0.2, 0.25) is 5.75 Å². The van der Waals surface area contributed by atoms with Crippen molar-refractivity contribution in [3.63, 3.8) is 0 Å². The van der Waals surface area contributed by atoms with E-state index in [4.69, 9.17) is 14.2 Å². The zero-order valence-electron chi connectivity index (χ0n) is 14.6. The Balaban J connectivity index is 1.93. The number of hydrogen-bond donors (Lipinski definition) is 1. The van der Waals surface area contributed by atoms with Crippen molar-refractivity contribution in [2.45, 2.75) is 0 Å². The molecule has 0 radical (unpaired) electrons. The molecule has 1 saturated heterocycles. The summed E-state index contributed by atoms with van der Waals surface area (Å²) in [5.74, 6) is 1.33. The van der Waals surface area contributed by atoms with Gasteiger partial charge in [-0.25, -0.2) is 4.99 Å². The van der Waals surface area contributed by atoms with Gasteiger partial charge in [0.05, 0.1) is 31.9 Å². The molecule has 3 rings (SSSR count). The van der Waals surface area contributed by atoms with Crippen LogP contribution in [0.4, 0.5) is 5.69 Å². The lowest BCUT2D eigenvalue weighted by Gasteiger charge is -2.14. The van der Waals surface area contributed by atoms with E-state index in [2.05, 4.69) is 10.3 Å². The normalized spacial score (nSPS) is 16.7. The fourth-order valence-corrected chi connectivity index (χ4v) is 3.31. The summed E-state index contributed by atoms with van der Waals surface area (Å²) in [5.41, 5.74) is 1.49. The van der Waals surface area contributed by atoms with Crippen LogP contribution in [-0.2, 0) is 4.79 Å². The molecule has 1 fully saturated rings. The minimum atomic E-state index is -0.207. The Morgan fingerprint density at radius 3 is 2.35 bits per heavy atom. The van der Waals surface area contributed by atoms with Crippen LogP contribution in [0.2, 0.25) is 0 Å². The largest absolute Gasteiger partial charge is 0.493 e. The first kappa shape index (κ1) is 17.9. The van der Waals surface area contributed by atoms with Crippen LogP contribution in [0, 0.1) is 0 Å². The first-order chi connectivity index (χ1) is 12.7. The number of aliphatic imine (C=N–C) groups is 1. The van der Waals surface area contributed by atoms with Crippen LogP contribution in [0.15, 0.2) is 52.4 Å². The van der Waals surface area contributed by atoms with E-state index in [0.29, 0.717) is 32.9 Å². The summed E-state index contributed by atoms with van der Waals surface area (Å²) < 4.78 is 16.1. The highest BCUT2D eigenvalue weighted by Gasteiger charge is 2.25. The fourth-order valence-electron chi connectivity index (χ4n) is 2.48. The van der Waals surface area contributed by atoms with Crippen molar-refractivity contribution >= 4 is 34.6 Å². The van der Waals surface area contributed by atoms with Crippen LogP contribution in [0.5, 0.6) is 17.2 Å². The number of ether oxygens (including phenoxy) is 3. The Morgan fingerprint density at radius 2 is 1.69 bits per heavy atom. The number of amidine groups is 1. The van der Waals surface area contributed by atoms with Crippen molar-refractivity contribution in [3.05, 3.63) is 52.9 Å². The number of carbonyl (C=O) groups excluding carboxylic acids is 1. The molecule has 1 aliphatic rings. The molecule has 0 bridgehead atoms. The Kier molecular flexibility index (Phi) is 5.48. The van der Waals surface area contributed by atoms with Gasteiger partial charge in [0.25, 0.3) is 5.91 Å². The first-order valence-corrected chi connectivity index (χ1v) is 8.61. The molecule has 1 N–H and O–H groups in total. The molecule has 1 amide bonds. The van der Waals surface area contributed by atoms with E-state index < -0.39 is 0 Å². The summed E-state index contributed by atoms with van der Waals surface area (Å²) in [6.45, 7) is 0. The summed E-state index contributed by atoms with van der Waals surface area (Å²) >= 11 is 1.27. The van der Waals surface area contributed by atoms with E-state index in [0.717, 1.165) is 5.69 Å². The van der Waals surface area contributed by atoms with E-state index in [9.17, 15) is 4.79 Å². The number of para-hydroxylation sites is 1. The maximum Gasteiger partial charge on any atom is 0.264 e. The molecule has 0 atom stereocenters. The van der Waals surface area contributed by atoms with E-state index in [1.165, 1.54) is 11.8 Å². The monoisotopic (exact) mass is 370 g/mol. The maximum absolute atomic E-state index is 12.3. The Bertz CT molecular complexity index is 879. The predicted molar refractivity (Wildman–Crippen MR) is 103 cm³/mol. The van der Waals surface area contributed by atoms with Crippen molar-refractivity contribution in [2.24, 2.45) is 4.99 Å². The summed E-state index contributed by atoms with van der Waals surface area (Å²) in [7, 11) is 4.64. The van der Waals surface area contributed by atoms with Gasteiger partial charge in [-0.15, -0.1) is 0 Å². The minimum absolute atomic E-state index is 0.207. The molecule has 0 unspecified atom stereocenters. The number of nitrogens with zero attached hydrogens (tertiary/aromatic N) is 1. The second kappa shape index (κ2) is 7.97. The molecule has 1 aliphatic heterocycles. The van der Waals surface area contributed by atoms with E-state index in [1.807, 2.05) is 36.4 Å². The summed E-state index contributed by atoms with van der Waals surface area (Å²) in [6.07, 6.45) is 1.74. The molecule has 0 aliphatic carbocycles. The lowest BCUT2D eigenvalue weighted by Crippen LogP contribution is -2.19. The van der Waals surface area contributed by atoms with Gasteiger partial charge < -0.3 is 19.5 Å². The molecule has 2 aromatic rings. The number of rotatable bonds is 5. The second-order valence-electron chi connectivity index (χ2n) is 5.24. The van der Waals surface area contributed by atoms with Crippen molar-refractivity contribution in [2.75, 3.05) is 21.3 Å². The SMILES string of the molecule is COc1ccc(/C=C2\SC(=Nc3ccccc3)NC2=O)c(OC)c1OC. The molecule has 0 aromatic heterocycles. The Morgan fingerprint density at radius 1 is 0.962 bits per heavy atom. The number of carbonyl (C=O) groups is 1. The maximum atomic E-state index is 12.3. The molecular weight excluding hydrogens is 352 g/mol. The molecular formula is C19H18N2O4S. The fraction of sp³-hybridized carbons (Fsp3) is 0.158. The van der Waals surface area contributed by atoms with Gasteiger partial charge in [0, 0.05) is 5.56 Å². The van der Waals surface area contributed by atoms with Crippen LogP contribution < -0.4 is 19.5 Å². The zero-order chi connectivity index (χ0) is 18.5. The van der Waals surface area contributed by atoms with Crippen LogP contribution in [0.1, 0.15) is 5.56 Å². The second-order valence-corrected chi connectivity index (χ2v) is 6.27. The Labute approximate surface area is 155 Å². The highest BCUT2D eigenvalue weighted by molar-refractivity contribution is 8.18. The van der Waals surface area contributed by atoms with Crippen molar-refractivity contribution in [1.29, 1.82) is 0 Å². The first-order valence-electron chi connectivity index (χ1n) is 7.80. The summed E-state index contributed by atoms with van der Waals surface area (Å²) in [6, 6.07) is 13.0. The lowest BCUT2D eigenvalue weighted by molar-refractivity contribution is -0.115. The van der Waals surface area contributed by atoms with Gasteiger partial charge in [0.15, 0.2) is 16.7 Å². The lowest BCUT2D eigenvalue weighted by atomic mass is 10.1. The number of hydrogen-bond acceptors (Lipinski definition) is 6. The average Bonchev–Trinajstić information content (AvgIpc) is 3.00. The average molecular weight is 370 g/mol. The van der Waals surface area contributed by atoms with E-state index in [1.54, 1.807) is 33.5 Å². The molecule has 26 heavy (non-hydrogen) atoms. The quantitative estimate of drug-likeness (QED) is 0.815. The number of methoxy groups -OCH3 is 3. The van der Waals surface area contributed by atoms with Gasteiger partial charge in [-0.05, 0) is 42.1 Å². The summed E-state index contributed by atoms with van der Waals surface area (Å²) in [4.78, 5) is 17.2. The number of nitrogens with one attached hydrogen (secondary N) is 1. The van der Waals surface area contributed by atoms with Gasteiger partial charge in [-0.1, -0.05) is 18.2 Å². The molecule has 134 valence electrons. The number of amides is 1. The van der Waals surface area contributed by atoms with Gasteiger partial charge in [0.1, 0.15) is 0 Å². The van der Waals surface area contributed by atoms with E-state index in [-0.39, 0.29) is 5.91 Å². The highest BCUT2D eigenvalue weighted by Crippen LogP contribution is 2.41. The Hall–Kier alpha value is -2.93. The third-order valence-corrected chi connectivity index (χ3v) is 4.57. The van der Waals surface area contributed by atoms with Crippen molar-refractivity contribution in [3.8, 4) is 17.2 Å². The van der Waals surface area contributed by atoms with Crippen LogP contribution >= 0.6 is 11.8 Å². The van der Waals surface area contributed by atoms with Crippen LogP contribution in [0.3, 0.4) is 0 Å². The zero-order valence-corrected chi connectivity index (χ0v) is 15.4. The molecule has 6 nitrogen and oxygen atoms in total. The standard InChI is InChI=1S/C19H18N2O4S/c1-23-14-10-9-12(16(24-2)17(14)25-3)11-15-18(22)21-19(26-15)20-13-7-5-4-6-8-13/h4-11H,1-3H3,(H,20,21,22)/b15-11-. The third kappa shape index (κ3) is 3.67. The van der Waals surface area contributed by atoms with Crippen LogP contribution in [-0.4, -0.2) is 32.4 Å². The van der Waals surface area contributed by atoms with E-state index >= 15 is 0 Å². The van der Waals surface area contributed by atoms with Crippen LogP contribution in [0.25, 0.3) is 6.08 Å². The highest BCUT2D eigenvalue weighted by atomic mass is 32.2. The number of thioether (sulfide) groups is 1. The van der Waals surface area contributed by atoms with Gasteiger partial charge in [-0.2, -0.15) is 0 Å². The van der Waals surface area contributed by atoms with Crippen molar-refractivity contribution < 1.29 is 19.0 Å². The minimum Gasteiger partial charge on any atom is -0.493 e. The molecule has 1 heterocycles. The van der Waals surface area contributed by atoms with Crippen molar-refractivity contribution in [1.82, 2.24) is 5.32 Å². The van der Waals surface area contributed by atoms with Gasteiger partial charge in [-0.3, -0.25) is 4.79 Å². The smallest absolute Gasteiger partial charge is 0.264 e. The molecule has 7 heteroatoms. The molecule has 0 spiro atoms. The predicted octanol–water partition coefficient (Wildman–Crippen LogP) is 3.60. The van der Waals surface area contributed by atoms with Gasteiger partial charge >= 0.3 is 0 Å². The topological polar surface area (TPSA) is 69.2 Å². The molecule has 0 saturated carbocycles. The molecule has 2 aromatic carbocycles. The number of benzene rings is 2.